The van der Waals surface area contributed by atoms with Crippen LogP contribution in [0.15, 0.2) is 66.7 Å². The van der Waals surface area contributed by atoms with Crippen molar-refractivity contribution in [1.82, 2.24) is 5.32 Å². The number of hydrogen-bond acceptors (Lipinski definition) is 3. The van der Waals surface area contributed by atoms with E-state index in [1.807, 2.05) is 18.2 Å². The number of halogens is 1. The van der Waals surface area contributed by atoms with Crippen molar-refractivity contribution in [1.29, 1.82) is 0 Å². The minimum absolute atomic E-state index is 0.174. The van der Waals surface area contributed by atoms with Crippen LogP contribution in [0.5, 0.6) is 11.5 Å². The number of rotatable bonds is 5. The average Bonchev–Trinajstić information content (AvgIpc) is 2.71. The Bertz CT molecular complexity index is 927. The molecule has 1 heterocycles. The molecule has 0 saturated heterocycles. The fourth-order valence-electron chi connectivity index (χ4n) is 3.56. The van der Waals surface area contributed by atoms with Crippen LogP contribution in [0.1, 0.15) is 28.3 Å². The van der Waals surface area contributed by atoms with E-state index in [9.17, 15) is 0 Å². The number of fused-ring (bicyclic) bond motifs is 1. The molecule has 0 fully saturated rings. The highest BCUT2D eigenvalue weighted by Gasteiger charge is 2.24. The van der Waals surface area contributed by atoms with Crippen LogP contribution in [-0.2, 0) is 13.0 Å². The lowest BCUT2D eigenvalue weighted by Crippen LogP contribution is -2.30. The maximum Gasteiger partial charge on any atom is 0.162 e. The van der Waals surface area contributed by atoms with Gasteiger partial charge in [0.1, 0.15) is 6.61 Å². The molecule has 4 rings (SSSR count). The summed E-state index contributed by atoms with van der Waals surface area (Å²) in [6, 6.07) is 23.3. The maximum absolute atomic E-state index is 6.13. The summed E-state index contributed by atoms with van der Waals surface area (Å²) in [5, 5.41) is 3.66. The van der Waals surface area contributed by atoms with Crippen LogP contribution in [0, 0.1) is 3.57 Å². The van der Waals surface area contributed by atoms with Gasteiger partial charge in [-0.25, -0.2) is 0 Å². The van der Waals surface area contributed by atoms with Gasteiger partial charge < -0.3 is 14.8 Å². The topological polar surface area (TPSA) is 30.5 Å². The summed E-state index contributed by atoms with van der Waals surface area (Å²) in [5.74, 6) is 1.59. The predicted molar refractivity (Wildman–Crippen MR) is 116 cm³/mol. The highest BCUT2D eigenvalue weighted by atomic mass is 127. The molecule has 27 heavy (non-hydrogen) atoms. The zero-order chi connectivity index (χ0) is 18.6. The summed E-state index contributed by atoms with van der Waals surface area (Å²) in [6.45, 7) is 1.48. The van der Waals surface area contributed by atoms with Crippen LogP contribution in [0.2, 0.25) is 0 Å². The monoisotopic (exact) mass is 471 g/mol. The second kappa shape index (κ2) is 8.31. The molecule has 3 aromatic rings. The molecule has 0 radical (unpaired) electrons. The second-order valence-electron chi connectivity index (χ2n) is 6.67. The van der Waals surface area contributed by atoms with Crippen LogP contribution in [0.25, 0.3) is 0 Å². The first-order valence-corrected chi connectivity index (χ1v) is 10.2. The Morgan fingerprint density at radius 3 is 2.63 bits per heavy atom. The fraction of sp³-hybridized carbons (Fsp3) is 0.217. The van der Waals surface area contributed by atoms with E-state index in [1.165, 1.54) is 20.3 Å². The molecule has 1 unspecified atom stereocenters. The highest BCUT2D eigenvalue weighted by Crippen LogP contribution is 2.38. The van der Waals surface area contributed by atoms with E-state index in [0.717, 1.165) is 30.0 Å². The van der Waals surface area contributed by atoms with Crippen LogP contribution in [0.4, 0.5) is 0 Å². The van der Waals surface area contributed by atoms with E-state index in [0.29, 0.717) is 6.61 Å². The standard InChI is InChI=1S/C23H22INO2/c1-26-21-13-17-10-11-25-23(18-8-5-9-19(24)12-18)20(17)14-22(21)27-15-16-6-3-2-4-7-16/h2-9,12-14,23,25H,10-11,15H2,1H3. The SMILES string of the molecule is COc1cc2c(cc1OCc1ccccc1)C(c1cccc(I)c1)NCC2. The molecule has 3 aromatic carbocycles. The van der Waals surface area contributed by atoms with Crippen molar-refractivity contribution in [3.05, 3.63) is 92.6 Å². The molecule has 1 aliphatic rings. The Balaban J connectivity index is 1.68. The van der Waals surface area contributed by atoms with Gasteiger partial charge in [-0.3, -0.25) is 0 Å². The summed E-state index contributed by atoms with van der Waals surface area (Å²) < 4.78 is 13.0. The smallest absolute Gasteiger partial charge is 0.162 e. The summed E-state index contributed by atoms with van der Waals surface area (Å²) in [5.41, 5.74) is 5.01. The van der Waals surface area contributed by atoms with Gasteiger partial charge in [-0.15, -0.1) is 0 Å². The van der Waals surface area contributed by atoms with Gasteiger partial charge in [0.05, 0.1) is 13.2 Å². The van der Waals surface area contributed by atoms with Gasteiger partial charge >= 0.3 is 0 Å². The van der Waals surface area contributed by atoms with Crippen molar-refractivity contribution in [3.63, 3.8) is 0 Å². The van der Waals surface area contributed by atoms with Crippen molar-refractivity contribution in [2.45, 2.75) is 19.1 Å². The Hall–Kier alpha value is -2.05. The third-order valence-electron chi connectivity index (χ3n) is 4.90. The number of nitrogens with one attached hydrogen (secondary N) is 1. The first kappa shape index (κ1) is 18.3. The molecule has 0 aromatic heterocycles. The number of hydrogen-bond donors (Lipinski definition) is 1. The maximum atomic E-state index is 6.13. The molecular formula is C23H22INO2. The van der Waals surface area contributed by atoms with Gasteiger partial charge in [-0.2, -0.15) is 0 Å². The largest absolute Gasteiger partial charge is 0.493 e. The molecule has 4 heteroatoms. The Labute approximate surface area is 173 Å². The van der Waals surface area contributed by atoms with E-state index in [-0.39, 0.29) is 6.04 Å². The summed E-state index contributed by atoms with van der Waals surface area (Å²) in [7, 11) is 1.70. The minimum Gasteiger partial charge on any atom is -0.493 e. The summed E-state index contributed by atoms with van der Waals surface area (Å²) in [6.07, 6.45) is 0.991. The third-order valence-corrected chi connectivity index (χ3v) is 5.57. The van der Waals surface area contributed by atoms with E-state index < -0.39 is 0 Å². The van der Waals surface area contributed by atoms with Crippen molar-refractivity contribution < 1.29 is 9.47 Å². The lowest BCUT2D eigenvalue weighted by atomic mass is 9.89. The molecule has 1 aliphatic heterocycles. The molecule has 0 spiro atoms. The third kappa shape index (κ3) is 4.12. The fourth-order valence-corrected chi connectivity index (χ4v) is 4.12. The first-order chi connectivity index (χ1) is 13.2. The molecule has 0 aliphatic carbocycles. The Morgan fingerprint density at radius 1 is 1.00 bits per heavy atom. The van der Waals surface area contributed by atoms with Gasteiger partial charge in [0.25, 0.3) is 0 Å². The minimum atomic E-state index is 0.174. The number of benzene rings is 3. The molecule has 138 valence electrons. The summed E-state index contributed by atoms with van der Waals surface area (Å²) in [4.78, 5) is 0. The van der Waals surface area contributed by atoms with Gasteiger partial charge in [0.2, 0.25) is 0 Å². The first-order valence-electron chi connectivity index (χ1n) is 9.11. The number of methoxy groups -OCH3 is 1. The lowest BCUT2D eigenvalue weighted by Gasteiger charge is -2.29. The van der Waals surface area contributed by atoms with Gasteiger partial charge in [0.15, 0.2) is 11.5 Å². The molecule has 1 atom stereocenters. The van der Waals surface area contributed by atoms with Gasteiger partial charge in [0, 0.05) is 10.1 Å². The molecule has 0 saturated carbocycles. The van der Waals surface area contributed by atoms with Crippen LogP contribution < -0.4 is 14.8 Å². The van der Waals surface area contributed by atoms with Crippen molar-refractivity contribution >= 4 is 22.6 Å². The molecule has 0 bridgehead atoms. The molecule has 3 nitrogen and oxygen atoms in total. The van der Waals surface area contributed by atoms with Gasteiger partial charge in [-0.05, 0) is 75.5 Å². The zero-order valence-corrected chi connectivity index (χ0v) is 17.4. The normalized spacial score (nSPS) is 15.9. The molecule has 1 N–H and O–H groups in total. The quantitative estimate of drug-likeness (QED) is 0.525. The molecular weight excluding hydrogens is 449 g/mol. The zero-order valence-electron chi connectivity index (χ0n) is 15.2. The van der Waals surface area contributed by atoms with E-state index in [2.05, 4.69) is 76.4 Å². The van der Waals surface area contributed by atoms with Gasteiger partial charge in [-0.1, -0.05) is 42.5 Å². The predicted octanol–water partition coefficient (Wildman–Crippen LogP) is 5.11. The lowest BCUT2D eigenvalue weighted by molar-refractivity contribution is 0.283. The Kier molecular flexibility index (Phi) is 5.64. The Morgan fingerprint density at radius 2 is 1.85 bits per heavy atom. The van der Waals surface area contributed by atoms with E-state index in [4.69, 9.17) is 9.47 Å². The van der Waals surface area contributed by atoms with Crippen molar-refractivity contribution in [2.75, 3.05) is 13.7 Å². The van der Waals surface area contributed by atoms with Crippen LogP contribution in [0.3, 0.4) is 0 Å². The van der Waals surface area contributed by atoms with Crippen LogP contribution >= 0.6 is 22.6 Å². The second-order valence-corrected chi connectivity index (χ2v) is 7.91. The average molecular weight is 471 g/mol. The van der Waals surface area contributed by atoms with Crippen LogP contribution in [-0.4, -0.2) is 13.7 Å². The van der Waals surface area contributed by atoms with E-state index in [1.54, 1.807) is 7.11 Å². The summed E-state index contributed by atoms with van der Waals surface area (Å²) >= 11 is 2.37. The van der Waals surface area contributed by atoms with Crippen molar-refractivity contribution in [2.24, 2.45) is 0 Å². The number of ether oxygens (including phenoxy) is 2. The van der Waals surface area contributed by atoms with E-state index >= 15 is 0 Å². The van der Waals surface area contributed by atoms with Crippen molar-refractivity contribution in [3.8, 4) is 11.5 Å². The highest BCUT2D eigenvalue weighted by molar-refractivity contribution is 14.1. The molecule has 0 amide bonds.